The Balaban J connectivity index is 1.99. The van der Waals surface area contributed by atoms with Crippen molar-refractivity contribution in [1.29, 1.82) is 0 Å². The Hall–Kier alpha value is -1.39. The summed E-state index contributed by atoms with van der Waals surface area (Å²) in [5, 5.41) is 3.59. The van der Waals surface area contributed by atoms with Crippen LogP contribution in [0.5, 0.6) is 0 Å². The minimum Gasteiger partial charge on any atom is -0.345 e. The van der Waals surface area contributed by atoms with E-state index in [1.165, 1.54) is 0 Å². The average molecular weight is 352 g/mol. The van der Waals surface area contributed by atoms with Gasteiger partial charge in [-0.2, -0.15) is 0 Å². The molecule has 1 aliphatic rings. The Morgan fingerprint density at radius 3 is 2.50 bits per heavy atom. The van der Waals surface area contributed by atoms with Crippen LogP contribution < -0.4 is 5.32 Å². The van der Waals surface area contributed by atoms with Gasteiger partial charge in [-0.05, 0) is 52.7 Å². The molecule has 2 aromatic rings. The van der Waals surface area contributed by atoms with E-state index in [1.807, 2.05) is 31.2 Å². The van der Waals surface area contributed by atoms with E-state index in [1.54, 1.807) is 18.3 Å². The molecule has 0 radical (unpaired) electrons. The van der Waals surface area contributed by atoms with Crippen molar-refractivity contribution in [3.8, 4) is 0 Å². The van der Waals surface area contributed by atoms with Gasteiger partial charge in [0.25, 0.3) is 0 Å². The van der Waals surface area contributed by atoms with Crippen LogP contribution in [0.2, 0.25) is 5.02 Å². The summed E-state index contributed by atoms with van der Waals surface area (Å²) in [7, 11) is 0. The van der Waals surface area contributed by atoms with Gasteiger partial charge in [-0.1, -0.05) is 23.7 Å². The molecule has 1 aromatic heterocycles. The number of hydrogen-bond donors (Lipinski definition) is 1. The molecule has 1 aliphatic heterocycles. The molecule has 1 saturated heterocycles. The van der Waals surface area contributed by atoms with Gasteiger partial charge in [-0.15, -0.1) is 0 Å². The van der Waals surface area contributed by atoms with Crippen molar-refractivity contribution >= 4 is 33.4 Å². The Morgan fingerprint density at radius 1 is 1.25 bits per heavy atom. The highest BCUT2D eigenvalue weighted by Gasteiger charge is 2.53. The van der Waals surface area contributed by atoms with Crippen LogP contribution in [0.1, 0.15) is 24.2 Å². The molecule has 0 aliphatic carbocycles. The zero-order valence-electron chi connectivity index (χ0n) is 10.7. The second kappa shape index (κ2) is 4.86. The van der Waals surface area contributed by atoms with Gasteiger partial charge in [0.05, 0.1) is 17.2 Å². The van der Waals surface area contributed by atoms with Gasteiger partial charge < -0.3 is 5.32 Å². The number of carbonyl (C=O) groups excluding carboxylic acids is 1. The third-order valence-corrected chi connectivity index (χ3v) is 4.54. The van der Waals surface area contributed by atoms with Crippen LogP contribution in [0, 0.1) is 0 Å². The van der Waals surface area contributed by atoms with Crippen LogP contribution in [0.3, 0.4) is 0 Å². The number of carbonyl (C=O) groups is 1. The van der Waals surface area contributed by atoms with Gasteiger partial charge in [0, 0.05) is 15.7 Å². The highest BCUT2D eigenvalue weighted by atomic mass is 79.9. The lowest BCUT2D eigenvalue weighted by Gasteiger charge is -2.46. The number of hydrogen-bond acceptors (Lipinski definition) is 2. The van der Waals surface area contributed by atoms with Crippen molar-refractivity contribution < 1.29 is 4.79 Å². The molecular weight excluding hydrogens is 340 g/mol. The summed E-state index contributed by atoms with van der Waals surface area (Å²) in [6, 6.07) is 11.1. The second-order valence-electron chi connectivity index (χ2n) is 5.02. The molecule has 3 nitrogen and oxygen atoms in total. The lowest BCUT2D eigenvalue weighted by Crippen LogP contribution is -2.62. The van der Waals surface area contributed by atoms with Crippen molar-refractivity contribution in [2.24, 2.45) is 0 Å². The summed E-state index contributed by atoms with van der Waals surface area (Å²) in [6.45, 7) is 1.93. The van der Waals surface area contributed by atoms with Crippen LogP contribution in [-0.2, 0) is 10.2 Å². The maximum Gasteiger partial charge on any atom is 0.233 e. The van der Waals surface area contributed by atoms with Crippen LogP contribution >= 0.6 is 27.5 Å². The maximum absolute atomic E-state index is 12.1. The summed E-state index contributed by atoms with van der Waals surface area (Å²) in [6.07, 6.45) is 1.74. The molecular formula is C15H12BrClN2O. The minimum absolute atomic E-state index is 0.00883. The third kappa shape index (κ3) is 2.03. The number of β-lactam (4-membered cyclic amide) rings is 1. The highest BCUT2D eigenvalue weighted by molar-refractivity contribution is 9.10. The van der Waals surface area contributed by atoms with Crippen molar-refractivity contribution in [3.63, 3.8) is 0 Å². The number of nitrogens with zero attached hydrogens (tertiary/aromatic N) is 1. The standard InChI is InChI=1S/C15H12BrClN2O/c1-15(9-2-5-11(17)6-3-9)13(19-14(15)20)12-7-4-10(16)8-18-12/h2-8,13H,1H3,(H,19,20)/t13-,15+/m1/s1. The van der Waals surface area contributed by atoms with E-state index in [0.29, 0.717) is 5.02 Å². The molecule has 0 saturated carbocycles. The predicted molar refractivity (Wildman–Crippen MR) is 81.6 cm³/mol. The first kappa shape index (κ1) is 13.6. The van der Waals surface area contributed by atoms with Crippen molar-refractivity contribution in [3.05, 3.63) is 63.3 Å². The first-order valence-corrected chi connectivity index (χ1v) is 7.37. The first-order chi connectivity index (χ1) is 9.51. The number of rotatable bonds is 2. The summed E-state index contributed by atoms with van der Waals surface area (Å²) in [5.74, 6) is 0.00883. The monoisotopic (exact) mass is 350 g/mol. The molecule has 20 heavy (non-hydrogen) atoms. The molecule has 0 unspecified atom stereocenters. The number of aromatic nitrogens is 1. The van der Waals surface area contributed by atoms with Gasteiger partial charge >= 0.3 is 0 Å². The molecule has 2 heterocycles. The normalized spacial score (nSPS) is 24.9. The van der Waals surface area contributed by atoms with E-state index in [2.05, 4.69) is 26.2 Å². The second-order valence-corrected chi connectivity index (χ2v) is 6.37. The molecule has 2 atom stereocenters. The first-order valence-electron chi connectivity index (χ1n) is 6.20. The van der Waals surface area contributed by atoms with Crippen LogP contribution in [0.25, 0.3) is 0 Å². The smallest absolute Gasteiger partial charge is 0.233 e. The Kier molecular flexibility index (Phi) is 3.30. The maximum atomic E-state index is 12.1. The van der Waals surface area contributed by atoms with E-state index in [-0.39, 0.29) is 11.9 Å². The van der Waals surface area contributed by atoms with Crippen molar-refractivity contribution in [2.45, 2.75) is 18.4 Å². The van der Waals surface area contributed by atoms with Crippen LogP contribution in [0.15, 0.2) is 47.1 Å². The number of amides is 1. The summed E-state index contributed by atoms with van der Waals surface area (Å²) < 4.78 is 0.917. The molecule has 1 fully saturated rings. The minimum atomic E-state index is -0.606. The summed E-state index contributed by atoms with van der Waals surface area (Å²) in [4.78, 5) is 16.5. The lowest BCUT2D eigenvalue weighted by molar-refractivity contribution is -0.137. The van der Waals surface area contributed by atoms with Crippen molar-refractivity contribution in [1.82, 2.24) is 10.3 Å². The molecule has 0 spiro atoms. The predicted octanol–water partition coefficient (Wildman–Crippen LogP) is 3.63. The molecule has 5 heteroatoms. The Bertz CT molecular complexity index is 657. The molecule has 3 rings (SSSR count). The number of benzene rings is 1. The fraction of sp³-hybridized carbons (Fsp3) is 0.200. The fourth-order valence-electron chi connectivity index (χ4n) is 2.50. The lowest BCUT2D eigenvalue weighted by atomic mass is 9.68. The van der Waals surface area contributed by atoms with Gasteiger partial charge in [0.15, 0.2) is 0 Å². The number of pyridine rings is 1. The van der Waals surface area contributed by atoms with Gasteiger partial charge in [-0.3, -0.25) is 9.78 Å². The van der Waals surface area contributed by atoms with Crippen LogP contribution in [-0.4, -0.2) is 10.9 Å². The quantitative estimate of drug-likeness (QED) is 0.840. The van der Waals surface area contributed by atoms with Gasteiger partial charge in [0.1, 0.15) is 0 Å². The van der Waals surface area contributed by atoms with E-state index >= 15 is 0 Å². The average Bonchev–Trinajstić information content (AvgIpc) is 2.46. The van der Waals surface area contributed by atoms with E-state index in [4.69, 9.17) is 11.6 Å². The summed E-state index contributed by atoms with van der Waals surface area (Å²) in [5.41, 5.74) is 1.19. The topological polar surface area (TPSA) is 42.0 Å². The molecule has 102 valence electrons. The van der Waals surface area contributed by atoms with E-state index < -0.39 is 5.41 Å². The summed E-state index contributed by atoms with van der Waals surface area (Å²) >= 11 is 9.28. The zero-order valence-corrected chi connectivity index (χ0v) is 13.1. The Labute approximate surface area is 130 Å². The van der Waals surface area contributed by atoms with Crippen LogP contribution in [0.4, 0.5) is 0 Å². The van der Waals surface area contributed by atoms with Gasteiger partial charge in [0.2, 0.25) is 5.91 Å². The molecule has 1 amide bonds. The molecule has 1 aromatic carbocycles. The largest absolute Gasteiger partial charge is 0.345 e. The number of nitrogens with one attached hydrogen (secondary N) is 1. The molecule has 1 N–H and O–H groups in total. The molecule has 0 bridgehead atoms. The Morgan fingerprint density at radius 2 is 1.95 bits per heavy atom. The van der Waals surface area contributed by atoms with Gasteiger partial charge in [-0.25, -0.2) is 0 Å². The fourth-order valence-corrected chi connectivity index (χ4v) is 2.86. The SMILES string of the molecule is C[C@@]1(c2ccc(Cl)cc2)C(=O)N[C@@H]1c1ccc(Br)cn1. The van der Waals surface area contributed by atoms with E-state index in [0.717, 1.165) is 15.7 Å². The zero-order chi connectivity index (χ0) is 14.3. The highest BCUT2D eigenvalue weighted by Crippen LogP contribution is 2.44. The van der Waals surface area contributed by atoms with Crippen molar-refractivity contribution in [2.75, 3.05) is 0 Å². The third-order valence-electron chi connectivity index (χ3n) is 3.81. The van der Waals surface area contributed by atoms with E-state index in [9.17, 15) is 4.79 Å². The number of halogens is 2.